The summed E-state index contributed by atoms with van der Waals surface area (Å²) >= 11 is 0. The minimum atomic E-state index is -1.41. The molecule has 4 atom stereocenters. The molecule has 2 aromatic rings. The fraction of sp³-hybridized carbons (Fsp3) is 0.357. The van der Waals surface area contributed by atoms with Crippen LogP contribution in [0.2, 0.25) is 0 Å². The van der Waals surface area contributed by atoms with E-state index in [1.54, 1.807) is 0 Å². The van der Waals surface area contributed by atoms with Crippen LogP contribution in [0, 0.1) is 5.82 Å². The molecule has 128 valence electrons. The number of aliphatic hydroxyl groups excluding tert-OH is 2. The maximum atomic E-state index is 14.1. The fourth-order valence-electron chi connectivity index (χ4n) is 2.35. The van der Waals surface area contributed by atoms with Crippen molar-refractivity contribution in [3.8, 4) is 0 Å². The van der Waals surface area contributed by atoms with Gasteiger partial charge >= 0.3 is 5.69 Å². The molecular weight excluding hydrogens is 325 g/mol. The van der Waals surface area contributed by atoms with E-state index in [4.69, 9.17) is 9.15 Å². The number of aromatic nitrogens is 2. The van der Waals surface area contributed by atoms with E-state index in [-0.39, 0.29) is 5.56 Å². The first kappa shape index (κ1) is 16.3. The Morgan fingerprint density at radius 2 is 2.17 bits per heavy atom. The van der Waals surface area contributed by atoms with Crippen LogP contribution in [0.1, 0.15) is 23.5 Å². The van der Waals surface area contributed by atoms with E-state index in [0.29, 0.717) is 0 Å². The van der Waals surface area contributed by atoms with Gasteiger partial charge in [0.1, 0.15) is 18.5 Å². The van der Waals surface area contributed by atoms with Crippen molar-refractivity contribution < 1.29 is 28.6 Å². The summed E-state index contributed by atoms with van der Waals surface area (Å²) in [5.41, 5.74) is -0.823. The molecule has 0 unspecified atom stereocenters. The van der Waals surface area contributed by atoms with Crippen molar-refractivity contribution in [2.45, 2.75) is 31.5 Å². The highest BCUT2D eigenvalue weighted by Gasteiger charge is 2.42. The Kier molecular flexibility index (Phi) is 4.18. The molecule has 0 saturated carbocycles. The van der Waals surface area contributed by atoms with Gasteiger partial charge in [-0.1, -0.05) is 0 Å². The van der Waals surface area contributed by atoms with Gasteiger partial charge in [-0.2, -0.15) is 4.98 Å². The highest BCUT2D eigenvalue weighted by molar-refractivity contribution is 6.03. The minimum absolute atomic E-state index is 0.131. The van der Waals surface area contributed by atoms with Crippen LogP contribution in [0.25, 0.3) is 0 Å². The van der Waals surface area contributed by atoms with Crippen LogP contribution < -0.4 is 11.0 Å². The van der Waals surface area contributed by atoms with E-state index in [9.17, 15) is 24.2 Å². The monoisotopic (exact) mass is 339 g/mol. The number of hydrogen-bond acceptors (Lipinski definition) is 7. The molecule has 10 heteroatoms. The summed E-state index contributed by atoms with van der Waals surface area (Å²) in [6.07, 6.45) is -1.47. The van der Waals surface area contributed by atoms with Crippen LogP contribution in [0.5, 0.6) is 0 Å². The lowest BCUT2D eigenvalue weighted by Gasteiger charge is -2.17. The largest absolute Gasteiger partial charge is 0.472 e. The van der Waals surface area contributed by atoms with Gasteiger partial charge in [0.25, 0.3) is 5.91 Å². The zero-order valence-corrected chi connectivity index (χ0v) is 12.4. The lowest BCUT2D eigenvalue weighted by molar-refractivity contribution is -0.0355. The molecule has 0 bridgehead atoms. The number of carbonyl (C=O) groups is 1. The lowest BCUT2D eigenvalue weighted by atomic mass is 10.1. The number of halogens is 1. The number of ether oxygens (including phenoxy) is 1. The fourth-order valence-corrected chi connectivity index (χ4v) is 2.35. The van der Waals surface area contributed by atoms with Gasteiger partial charge in [-0.3, -0.25) is 9.36 Å². The summed E-state index contributed by atoms with van der Waals surface area (Å²) in [6.45, 7) is 1.50. The summed E-state index contributed by atoms with van der Waals surface area (Å²) in [7, 11) is 0. The summed E-state index contributed by atoms with van der Waals surface area (Å²) in [4.78, 5) is 27.3. The first-order valence-electron chi connectivity index (χ1n) is 7.02. The molecule has 1 fully saturated rings. The van der Waals surface area contributed by atoms with Gasteiger partial charge in [-0.15, -0.1) is 0 Å². The molecule has 1 amide bonds. The average Bonchev–Trinajstić information content (AvgIpc) is 3.16. The predicted molar refractivity (Wildman–Crippen MR) is 76.7 cm³/mol. The third-order valence-electron chi connectivity index (χ3n) is 3.67. The lowest BCUT2D eigenvalue weighted by Crippen LogP contribution is -2.36. The molecule has 1 saturated heterocycles. The van der Waals surface area contributed by atoms with Gasteiger partial charge < -0.3 is 24.7 Å². The predicted octanol–water partition coefficient (Wildman–Crippen LogP) is -0.133. The Hall–Kier alpha value is -2.56. The van der Waals surface area contributed by atoms with Gasteiger partial charge in [-0.25, -0.2) is 9.18 Å². The number of hydrogen-bond donors (Lipinski definition) is 3. The molecule has 0 spiro atoms. The van der Waals surface area contributed by atoms with Gasteiger partial charge in [0.15, 0.2) is 17.9 Å². The third kappa shape index (κ3) is 2.82. The van der Waals surface area contributed by atoms with Crippen molar-refractivity contribution in [2.75, 3.05) is 5.32 Å². The number of nitrogens with one attached hydrogen (secondary N) is 1. The summed E-state index contributed by atoms with van der Waals surface area (Å²) < 4.78 is 24.9. The molecule has 0 aromatic carbocycles. The van der Waals surface area contributed by atoms with E-state index in [1.165, 1.54) is 19.3 Å². The van der Waals surface area contributed by atoms with Crippen LogP contribution >= 0.6 is 0 Å². The van der Waals surface area contributed by atoms with Crippen LogP contribution in [0.15, 0.2) is 34.0 Å². The van der Waals surface area contributed by atoms with E-state index in [0.717, 1.165) is 17.0 Å². The second-order valence-electron chi connectivity index (χ2n) is 5.31. The molecule has 3 heterocycles. The number of anilines is 1. The molecule has 2 aromatic heterocycles. The minimum Gasteiger partial charge on any atom is -0.472 e. The zero-order chi connectivity index (χ0) is 17.4. The molecule has 1 aliphatic rings. The summed E-state index contributed by atoms with van der Waals surface area (Å²) in [5.74, 6) is -2.27. The molecule has 3 N–H and O–H groups in total. The first-order chi connectivity index (χ1) is 11.4. The second kappa shape index (κ2) is 6.15. The Morgan fingerprint density at radius 3 is 2.75 bits per heavy atom. The van der Waals surface area contributed by atoms with E-state index < -0.39 is 47.8 Å². The molecule has 24 heavy (non-hydrogen) atoms. The topological polar surface area (TPSA) is 127 Å². The van der Waals surface area contributed by atoms with Crippen molar-refractivity contribution in [3.05, 3.63) is 46.7 Å². The van der Waals surface area contributed by atoms with Crippen molar-refractivity contribution in [1.29, 1.82) is 0 Å². The summed E-state index contributed by atoms with van der Waals surface area (Å²) in [5, 5.41) is 21.7. The second-order valence-corrected chi connectivity index (χ2v) is 5.31. The van der Waals surface area contributed by atoms with Crippen LogP contribution in [-0.2, 0) is 4.74 Å². The van der Waals surface area contributed by atoms with E-state index in [1.807, 2.05) is 0 Å². The molecule has 0 aliphatic carbocycles. The maximum absolute atomic E-state index is 14.1. The Labute approximate surface area is 134 Å². The number of aliphatic hydroxyl groups is 2. The highest BCUT2D eigenvalue weighted by Crippen LogP contribution is 2.28. The van der Waals surface area contributed by atoms with Gasteiger partial charge in [0, 0.05) is 0 Å². The van der Waals surface area contributed by atoms with Crippen molar-refractivity contribution in [1.82, 2.24) is 9.55 Å². The van der Waals surface area contributed by atoms with E-state index in [2.05, 4.69) is 10.3 Å². The Morgan fingerprint density at radius 1 is 1.42 bits per heavy atom. The van der Waals surface area contributed by atoms with Crippen molar-refractivity contribution in [3.63, 3.8) is 0 Å². The molecule has 3 rings (SSSR count). The molecular formula is C14H14FN3O6. The number of amides is 1. The maximum Gasteiger partial charge on any atom is 0.351 e. The van der Waals surface area contributed by atoms with Gasteiger partial charge in [-0.05, 0) is 13.0 Å². The number of nitrogens with zero attached hydrogens (tertiary/aromatic N) is 2. The van der Waals surface area contributed by atoms with Crippen LogP contribution in [-0.4, -0.2) is 44.0 Å². The average molecular weight is 339 g/mol. The molecule has 0 radical (unpaired) electrons. The van der Waals surface area contributed by atoms with Crippen LogP contribution in [0.3, 0.4) is 0 Å². The Balaban J connectivity index is 1.87. The quantitative estimate of drug-likeness (QED) is 0.711. The smallest absolute Gasteiger partial charge is 0.351 e. The normalized spacial score (nSPS) is 26.5. The number of rotatable bonds is 3. The first-order valence-corrected chi connectivity index (χ1v) is 7.02. The Bertz CT molecular complexity index is 805. The third-order valence-corrected chi connectivity index (χ3v) is 3.67. The van der Waals surface area contributed by atoms with Crippen LogP contribution in [0.4, 0.5) is 10.2 Å². The molecule has 9 nitrogen and oxygen atoms in total. The summed E-state index contributed by atoms with van der Waals surface area (Å²) in [6, 6.07) is 1.36. The van der Waals surface area contributed by atoms with Gasteiger partial charge in [0.2, 0.25) is 0 Å². The zero-order valence-electron chi connectivity index (χ0n) is 12.4. The standard InChI is InChI=1S/C14H14FN3O6/c1-6-9(19)10(20)13(24-6)18-4-8(15)11(17-14(18)22)16-12(21)7-2-3-23-5-7/h2-6,9-10,13,19-20H,1H3,(H,16,17,21,22)/t6-,9-,10-,13-/m1/s1. The molecule has 1 aliphatic heterocycles. The number of carbonyl (C=O) groups excluding carboxylic acids is 1. The van der Waals surface area contributed by atoms with E-state index >= 15 is 0 Å². The van der Waals surface area contributed by atoms with Crippen molar-refractivity contribution in [2.24, 2.45) is 0 Å². The van der Waals surface area contributed by atoms with Gasteiger partial charge in [0.05, 0.1) is 24.1 Å². The van der Waals surface area contributed by atoms with Crippen molar-refractivity contribution >= 4 is 11.7 Å². The highest BCUT2D eigenvalue weighted by atomic mass is 19.1. The number of furan rings is 1. The SMILES string of the molecule is C[C@H]1O[C@@H](n2cc(F)c(NC(=O)c3ccoc3)nc2=O)[C@H](O)[C@@H]1O.